The molecule has 0 saturated heterocycles. The average molecular weight is 428 g/mol. The zero-order valence-electron chi connectivity index (χ0n) is 18.0. The Bertz CT molecular complexity index is 937. The summed E-state index contributed by atoms with van der Waals surface area (Å²) in [6.07, 6.45) is 6.40. The summed E-state index contributed by atoms with van der Waals surface area (Å²) < 4.78 is 5.94. The van der Waals surface area contributed by atoms with Gasteiger partial charge in [-0.25, -0.2) is 4.79 Å². The van der Waals surface area contributed by atoms with E-state index >= 15 is 0 Å². The van der Waals surface area contributed by atoms with Gasteiger partial charge in [0, 0.05) is 34.3 Å². The molecule has 3 aliphatic rings. The summed E-state index contributed by atoms with van der Waals surface area (Å²) in [5.41, 5.74) is 3.67. The van der Waals surface area contributed by atoms with E-state index in [-0.39, 0.29) is 23.3 Å². The van der Waals surface area contributed by atoms with Crippen molar-refractivity contribution in [2.75, 3.05) is 0 Å². The number of dihydropyridines is 1. The van der Waals surface area contributed by atoms with Gasteiger partial charge in [-0.3, -0.25) is 4.79 Å². The van der Waals surface area contributed by atoms with Crippen LogP contribution in [0.15, 0.2) is 46.8 Å². The van der Waals surface area contributed by atoms with Crippen LogP contribution in [0.25, 0.3) is 0 Å². The largest absolute Gasteiger partial charge is 0.459 e. The van der Waals surface area contributed by atoms with Crippen LogP contribution >= 0.6 is 11.6 Å². The minimum Gasteiger partial charge on any atom is -0.459 e. The summed E-state index contributed by atoms with van der Waals surface area (Å²) in [6, 6.07) is 7.48. The third-order valence-electron chi connectivity index (χ3n) is 6.47. The fourth-order valence-electron chi connectivity index (χ4n) is 5.12. The summed E-state index contributed by atoms with van der Waals surface area (Å²) in [7, 11) is 0. The van der Waals surface area contributed by atoms with E-state index < -0.39 is 5.92 Å². The van der Waals surface area contributed by atoms with Crippen molar-refractivity contribution in [1.29, 1.82) is 0 Å². The Morgan fingerprint density at radius 3 is 2.60 bits per heavy atom. The number of nitrogens with one attached hydrogen (secondary N) is 1. The van der Waals surface area contributed by atoms with Gasteiger partial charge in [-0.15, -0.1) is 0 Å². The van der Waals surface area contributed by atoms with E-state index in [4.69, 9.17) is 16.3 Å². The molecule has 0 radical (unpaired) electrons. The van der Waals surface area contributed by atoms with Crippen molar-refractivity contribution in [3.8, 4) is 0 Å². The molecule has 1 saturated carbocycles. The van der Waals surface area contributed by atoms with E-state index in [2.05, 4.69) is 19.2 Å². The van der Waals surface area contributed by atoms with Gasteiger partial charge in [-0.2, -0.15) is 0 Å². The first-order valence-electron chi connectivity index (χ1n) is 11.0. The molecule has 4 nitrogen and oxygen atoms in total. The zero-order chi connectivity index (χ0) is 21.5. The van der Waals surface area contributed by atoms with Crippen LogP contribution in [0.2, 0.25) is 5.02 Å². The minimum absolute atomic E-state index is 0.0390. The fraction of sp³-hybridized carbons (Fsp3) is 0.520. The molecule has 2 aliphatic carbocycles. The summed E-state index contributed by atoms with van der Waals surface area (Å²) in [6.45, 7) is 6.12. The van der Waals surface area contributed by atoms with Gasteiger partial charge >= 0.3 is 5.97 Å². The third kappa shape index (κ3) is 4.20. The highest BCUT2D eigenvalue weighted by Gasteiger charge is 2.43. The molecule has 4 rings (SSSR count). The maximum absolute atomic E-state index is 13.4. The lowest BCUT2D eigenvalue weighted by molar-refractivity contribution is -0.146. The van der Waals surface area contributed by atoms with Crippen molar-refractivity contribution in [2.24, 2.45) is 5.41 Å². The smallest absolute Gasteiger partial charge is 0.337 e. The Kier molecular flexibility index (Phi) is 5.80. The predicted molar refractivity (Wildman–Crippen MR) is 118 cm³/mol. The summed E-state index contributed by atoms with van der Waals surface area (Å²) in [5, 5.41) is 3.98. The minimum atomic E-state index is -0.445. The van der Waals surface area contributed by atoms with Crippen LogP contribution in [0.3, 0.4) is 0 Å². The van der Waals surface area contributed by atoms with Gasteiger partial charge in [-0.1, -0.05) is 44.0 Å². The lowest BCUT2D eigenvalue weighted by Crippen LogP contribution is -2.39. The van der Waals surface area contributed by atoms with Gasteiger partial charge in [0.15, 0.2) is 5.78 Å². The lowest BCUT2D eigenvalue weighted by Gasteiger charge is -2.39. The number of hydrogen-bond donors (Lipinski definition) is 1. The molecule has 1 aliphatic heterocycles. The second kappa shape index (κ2) is 8.22. The van der Waals surface area contributed by atoms with E-state index in [1.54, 1.807) is 0 Å². The summed E-state index contributed by atoms with van der Waals surface area (Å²) >= 11 is 6.29. The number of rotatable bonds is 3. The van der Waals surface area contributed by atoms with Gasteiger partial charge in [0.25, 0.3) is 0 Å². The molecule has 1 fully saturated rings. The number of ketones is 1. The van der Waals surface area contributed by atoms with Crippen LogP contribution in [0.1, 0.15) is 77.2 Å². The summed E-state index contributed by atoms with van der Waals surface area (Å²) in [4.78, 5) is 26.6. The molecule has 0 amide bonds. The Labute approximate surface area is 183 Å². The highest BCUT2D eigenvalue weighted by atomic mass is 35.5. The van der Waals surface area contributed by atoms with Crippen molar-refractivity contribution in [1.82, 2.24) is 5.32 Å². The molecular weight excluding hydrogens is 398 g/mol. The van der Waals surface area contributed by atoms with E-state index in [9.17, 15) is 9.59 Å². The van der Waals surface area contributed by atoms with Crippen LogP contribution in [0.4, 0.5) is 0 Å². The van der Waals surface area contributed by atoms with Crippen LogP contribution in [0.5, 0.6) is 0 Å². The fourth-order valence-corrected chi connectivity index (χ4v) is 5.32. The van der Waals surface area contributed by atoms with E-state index in [0.717, 1.165) is 49.1 Å². The number of esters is 1. The molecule has 30 heavy (non-hydrogen) atoms. The first-order chi connectivity index (χ1) is 14.2. The number of carbonyl (C=O) groups is 2. The molecule has 1 aromatic carbocycles. The van der Waals surface area contributed by atoms with Gasteiger partial charge < -0.3 is 10.1 Å². The highest BCUT2D eigenvalue weighted by molar-refractivity contribution is 6.30. The average Bonchev–Trinajstić information content (AvgIpc) is 2.66. The molecule has 1 unspecified atom stereocenters. The zero-order valence-corrected chi connectivity index (χ0v) is 18.8. The third-order valence-corrected chi connectivity index (χ3v) is 6.70. The Morgan fingerprint density at radius 2 is 1.90 bits per heavy atom. The quantitative estimate of drug-likeness (QED) is 0.617. The van der Waals surface area contributed by atoms with Gasteiger partial charge in [0.1, 0.15) is 6.10 Å². The van der Waals surface area contributed by atoms with Gasteiger partial charge in [0.05, 0.1) is 5.57 Å². The predicted octanol–water partition coefficient (Wildman–Crippen LogP) is 5.82. The van der Waals surface area contributed by atoms with Crippen molar-refractivity contribution >= 4 is 23.4 Å². The lowest BCUT2D eigenvalue weighted by atomic mass is 9.68. The summed E-state index contributed by atoms with van der Waals surface area (Å²) in [5.74, 6) is -0.671. The molecular formula is C25H30ClNO3. The molecule has 1 N–H and O–H groups in total. The number of benzene rings is 1. The maximum atomic E-state index is 13.4. The number of ether oxygens (including phenoxy) is 1. The van der Waals surface area contributed by atoms with Gasteiger partial charge in [-0.05, 0) is 62.1 Å². The molecule has 1 heterocycles. The van der Waals surface area contributed by atoms with Crippen molar-refractivity contribution in [2.45, 2.75) is 77.7 Å². The van der Waals surface area contributed by atoms with Crippen molar-refractivity contribution in [3.63, 3.8) is 0 Å². The number of Topliss-reactive ketones (excluding diaryl/α,β-unsaturated/α-hetero) is 1. The van der Waals surface area contributed by atoms with Crippen LogP contribution in [0, 0.1) is 5.41 Å². The van der Waals surface area contributed by atoms with E-state index in [1.807, 2.05) is 31.2 Å². The standard InChI is InChI=1S/C25H30ClNO3/c1-15-21(24(29)30-18-10-5-4-6-11-18)22(16-8-7-9-17(26)12-16)23-19(27-15)13-25(2,3)14-20(23)28/h7-9,12,18,22,27H,4-6,10-11,13-14H2,1-3H3. The molecule has 5 heteroatoms. The molecule has 0 spiro atoms. The van der Waals surface area contributed by atoms with Crippen LogP contribution in [-0.2, 0) is 14.3 Å². The number of halogens is 1. The Balaban J connectivity index is 1.76. The van der Waals surface area contributed by atoms with Crippen molar-refractivity contribution in [3.05, 3.63) is 57.4 Å². The topological polar surface area (TPSA) is 55.4 Å². The Morgan fingerprint density at radius 1 is 1.17 bits per heavy atom. The number of allylic oxidation sites excluding steroid dienone is 3. The van der Waals surface area contributed by atoms with Crippen LogP contribution in [-0.4, -0.2) is 17.9 Å². The molecule has 1 atom stereocenters. The number of hydrogen-bond acceptors (Lipinski definition) is 4. The SMILES string of the molecule is CC1=C(C(=O)OC2CCCCC2)C(c2cccc(Cl)c2)C2=C(CC(C)(C)CC2=O)N1. The normalized spacial score (nSPS) is 24.4. The van der Waals surface area contributed by atoms with E-state index in [1.165, 1.54) is 6.42 Å². The first kappa shape index (κ1) is 21.2. The highest BCUT2D eigenvalue weighted by Crippen LogP contribution is 2.47. The second-order valence-electron chi connectivity index (χ2n) is 9.65. The molecule has 160 valence electrons. The molecule has 0 bridgehead atoms. The number of carbonyl (C=O) groups excluding carboxylic acids is 2. The molecule has 1 aromatic rings. The Hall–Kier alpha value is -2.07. The van der Waals surface area contributed by atoms with Crippen molar-refractivity contribution < 1.29 is 14.3 Å². The first-order valence-corrected chi connectivity index (χ1v) is 11.3. The maximum Gasteiger partial charge on any atom is 0.337 e. The monoisotopic (exact) mass is 427 g/mol. The van der Waals surface area contributed by atoms with E-state index in [0.29, 0.717) is 22.6 Å². The van der Waals surface area contributed by atoms with Gasteiger partial charge in [0.2, 0.25) is 0 Å². The second-order valence-corrected chi connectivity index (χ2v) is 10.1. The molecule has 0 aromatic heterocycles. The van der Waals surface area contributed by atoms with Crippen LogP contribution < -0.4 is 5.32 Å².